The quantitative estimate of drug-likeness (QED) is 0.590. The summed E-state index contributed by atoms with van der Waals surface area (Å²) in [5.74, 6) is -0.293. The minimum atomic E-state index is -0.399. The average molecular weight is 233 g/mol. The SMILES string of the molecule is CCCNC(COC(C)COC)C(=O)OC. The van der Waals surface area contributed by atoms with E-state index in [0.717, 1.165) is 13.0 Å². The largest absolute Gasteiger partial charge is 0.468 e. The molecule has 5 nitrogen and oxygen atoms in total. The topological polar surface area (TPSA) is 56.8 Å². The maximum atomic E-state index is 11.4. The zero-order valence-corrected chi connectivity index (χ0v) is 10.6. The second-order valence-electron chi connectivity index (χ2n) is 3.63. The van der Waals surface area contributed by atoms with E-state index in [2.05, 4.69) is 10.1 Å². The summed E-state index contributed by atoms with van der Waals surface area (Å²) in [7, 11) is 2.99. The molecular formula is C11H23NO4. The zero-order valence-electron chi connectivity index (χ0n) is 10.6. The Morgan fingerprint density at radius 2 is 2.00 bits per heavy atom. The van der Waals surface area contributed by atoms with Gasteiger partial charge in [0.15, 0.2) is 0 Å². The van der Waals surface area contributed by atoms with Crippen LogP contribution in [0.5, 0.6) is 0 Å². The Bertz CT molecular complexity index is 187. The third-order valence-corrected chi connectivity index (χ3v) is 2.08. The van der Waals surface area contributed by atoms with Gasteiger partial charge in [-0.3, -0.25) is 4.79 Å². The summed E-state index contributed by atoms with van der Waals surface area (Å²) >= 11 is 0. The van der Waals surface area contributed by atoms with E-state index in [-0.39, 0.29) is 12.1 Å². The van der Waals surface area contributed by atoms with Crippen molar-refractivity contribution in [3.63, 3.8) is 0 Å². The van der Waals surface area contributed by atoms with Crippen molar-refractivity contribution in [1.29, 1.82) is 0 Å². The van der Waals surface area contributed by atoms with E-state index in [9.17, 15) is 4.79 Å². The van der Waals surface area contributed by atoms with Crippen LogP contribution in [-0.4, -0.2) is 52.1 Å². The Balaban J connectivity index is 3.95. The number of hydrogen-bond donors (Lipinski definition) is 1. The van der Waals surface area contributed by atoms with E-state index in [1.165, 1.54) is 7.11 Å². The molecule has 0 aliphatic rings. The predicted octanol–water partition coefficient (Wildman–Crippen LogP) is 0.579. The average Bonchev–Trinajstić information content (AvgIpc) is 2.28. The Morgan fingerprint density at radius 3 is 2.50 bits per heavy atom. The number of rotatable bonds is 9. The first-order valence-electron chi connectivity index (χ1n) is 5.57. The fourth-order valence-corrected chi connectivity index (χ4v) is 1.21. The molecule has 0 fully saturated rings. The van der Waals surface area contributed by atoms with Crippen LogP contribution in [0, 0.1) is 0 Å². The third-order valence-electron chi connectivity index (χ3n) is 2.08. The van der Waals surface area contributed by atoms with E-state index < -0.39 is 6.04 Å². The molecule has 96 valence electrons. The van der Waals surface area contributed by atoms with Crippen LogP contribution in [0.15, 0.2) is 0 Å². The van der Waals surface area contributed by atoms with Gasteiger partial charge < -0.3 is 19.5 Å². The first-order valence-corrected chi connectivity index (χ1v) is 5.57. The van der Waals surface area contributed by atoms with Gasteiger partial charge in [0.05, 0.1) is 26.4 Å². The normalized spacial score (nSPS) is 14.5. The van der Waals surface area contributed by atoms with Crippen LogP contribution >= 0.6 is 0 Å². The second kappa shape index (κ2) is 9.57. The molecule has 0 rings (SSSR count). The number of esters is 1. The molecule has 2 unspecified atom stereocenters. The van der Waals surface area contributed by atoms with Crippen LogP contribution in [0.3, 0.4) is 0 Å². The number of hydrogen-bond acceptors (Lipinski definition) is 5. The smallest absolute Gasteiger partial charge is 0.325 e. The molecule has 0 saturated heterocycles. The summed E-state index contributed by atoms with van der Waals surface area (Å²) in [5, 5.41) is 3.08. The molecule has 0 aliphatic carbocycles. The maximum Gasteiger partial charge on any atom is 0.325 e. The molecule has 16 heavy (non-hydrogen) atoms. The van der Waals surface area contributed by atoms with Gasteiger partial charge in [0.25, 0.3) is 0 Å². The summed E-state index contributed by atoms with van der Waals surface area (Å²) in [6, 6.07) is -0.399. The first-order chi connectivity index (χ1) is 7.65. The standard InChI is InChI=1S/C11H23NO4/c1-5-6-12-10(11(13)15-4)8-16-9(2)7-14-3/h9-10,12H,5-8H2,1-4H3. The maximum absolute atomic E-state index is 11.4. The highest BCUT2D eigenvalue weighted by molar-refractivity contribution is 5.75. The van der Waals surface area contributed by atoms with Gasteiger partial charge >= 0.3 is 5.97 Å². The zero-order chi connectivity index (χ0) is 12.4. The minimum absolute atomic E-state index is 0.0272. The predicted molar refractivity (Wildman–Crippen MR) is 61.4 cm³/mol. The van der Waals surface area contributed by atoms with Crippen molar-refractivity contribution in [2.24, 2.45) is 0 Å². The van der Waals surface area contributed by atoms with Crippen molar-refractivity contribution in [2.75, 3.05) is 34.0 Å². The second-order valence-corrected chi connectivity index (χ2v) is 3.63. The van der Waals surface area contributed by atoms with E-state index in [1.807, 2.05) is 13.8 Å². The molecule has 0 bridgehead atoms. The van der Waals surface area contributed by atoms with Crippen molar-refractivity contribution in [3.05, 3.63) is 0 Å². The molecule has 0 aliphatic heterocycles. The highest BCUT2D eigenvalue weighted by Gasteiger charge is 2.19. The number of carbonyl (C=O) groups is 1. The number of nitrogens with one attached hydrogen (secondary N) is 1. The van der Waals surface area contributed by atoms with Gasteiger partial charge in [-0.05, 0) is 19.9 Å². The van der Waals surface area contributed by atoms with Crippen molar-refractivity contribution in [3.8, 4) is 0 Å². The molecule has 0 aromatic heterocycles. The van der Waals surface area contributed by atoms with Gasteiger partial charge in [0, 0.05) is 7.11 Å². The number of methoxy groups -OCH3 is 2. The molecule has 0 spiro atoms. The van der Waals surface area contributed by atoms with Gasteiger partial charge in [-0.2, -0.15) is 0 Å². The van der Waals surface area contributed by atoms with Crippen LogP contribution in [0.25, 0.3) is 0 Å². The van der Waals surface area contributed by atoms with Gasteiger partial charge in [-0.1, -0.05) is 6.92 Å². The summed E-state index contributed by atoms with van der Waals surface area (Å²) in [4.78, 5) is 11.4. The fourth-order valence-electron chi connectivity index (χ4n) is 1.21. The van der Waals surface area contributed by atoms with Crippen LogP contribution in [0.4, 0.5) is 0 Å². The highest BCUT2D eigenvalue weighted by atomic mass is 16.5. The minimum Gasteiger partial charge on any atom is -0.468 e. The van der Waals surface area contributed by atoms with E-state index in [0.29, 0.717) is 13.2 Å². The number of ether oxygens (including phenoxy) is 3. The molecule has 0 aromatic carbocycles. The summed E-state index contributed by atoms with van der Waals surface area (Å²) < 4.78 is 15.1. The van der Waals surface area contributed by atoms with Crippen LogP contribution in [0.2, 0.25) is 0 Å². The molecular weight excluding hydrogens is 210 g/mol. The van der Waals surface area contributed by atoms with E-state index in [4.69, 9.17) is 9.47 Å². The van der Waals surface area contributed by atoms with Gasteiger partial charge in [-0.15, -0.1) is 0 Å². The van der Waals surface area contributed by atoms with Crippen molar-refractivity contribution in [1.82, 2.24) is 5.32 Å². The van der Waals surface area contributed by atoms with Crippen molar-refractivity contribution in [2.45, 2.75) is 32.4 Å². The third kappa shape index (κ3) is 6.76. The molecule has 0 heterocycles. The summed E-state index contributed by atoms with van der Waals surface area (Å²) in [6.07, 6.45) is 0.932. The Hall–Kier alpha value is -0.650. The van der Waals surface area contributed by atoms with Crippen LogP contribution in [-0.2, 0) is 19.0 Å². The lowest BCUT2D eigenvalue weighted by Gasteiger charge is -2.19. The monoisotopic (exact) mass is 233 g/mol. The molecule has 0 aromatic rings. The van der Waals surface area contributed by atoms with Crippen LogP contribution < -0.4 is 5.32 Å². The van der Waals surface area contributed by atoms with Crippen molar-refractivity contribution < 1.29 is 19.0 Å². The fraction of sp³-hybridized carbons (Fsp3) is 0.909. The lowest BCUT2D eigenvalue weighted by molar-refractivity contribution is -0.145. The molecule has 0 saturated carbocycles. The summed E-state index contributed by atoms with van der Waals surface area (Å²) in [6.45, 7) is 5.52. The van der Waals surface area contributed by atoms with Crippen molar-refractivity contribution >= 4 is 5.97 Å². The molecule has 5 heteroatoms. The Morgan fingerprint density at radius 1 is 1.31 bits per heavy atom. The van der Waals surface area contributed by atoms with Gasteiger partial charge in [0.2, 0.25) is 0 Å². The first kappa shape index (κ1) is 15.3. The molecule has 1 N–H and O–H groups in total. The van der Waals surface area contributed by atoms with E-state index >= 15 is 0 Å². The Kier molecular flexibility index (Phi) is 9.18. The van der Waals surface area contributed by atoms with E-state index in [1.54, 1.807) is 7.11 Å². The summed E-state index contributed by atoms with van der Waals surface area (Å²) in [5.41, 5.74) is 0. The number of carbonyl (C=O) groups excluding carboxylic acids is 1. The lowest BCUT2D eigenvalue weighted by Crippen LogP contribution is -2.42. The van der Waals surface area contributed by atoms with Gasteiger partial charge in [0.1, 0.15) is 6.04 Å². The molecule has 2 atom stereocenters. The Labute approximate surface area is 97.4 Å². The van der Waals surface area contributed by atoms with Gasteiger partial charge in [-0.25, -0.2) is 0 Å². The highest BCUT2D eigenvalue weighted by Crippen LogP contribution is 1.96. The molecule has 0 amide bonds. The van der Waals surface area contributed by atoms with Crippen LogP contribution in [0.1, 0.15) is 20.3 Å². The molecule has 0 radical (unpaired) electrons. The lowest BCUT2D eigenvalue weighted by atomic mass is 10.3.